The van der Waals surface area contributed by atoms with Gasteiger partial charge >= 0.3 is 0 Å². The van der Waals surface area contributed by atoms with E-state index in [0.29, 0.717) is 40.8 Å². The van der Waals surface area contributed by atoms with Crippen molar-refractivity contribution in [3.8, 4) is 11.5 Å². The van der Waals surface area contributed by atoms with E-state index in [0.717, 1.165) is 43.3 Å². The Morgan fingerprint density at radius 2 is 1.73 bits per heavy atom. The topological polar surface area (TPSA) is 92.3 Å². The minimum atomic E-state index is -3.63. The number of thiazole rings is 1. The van der Waals surface area contributed by atoms with Crippen LogP contribution in [0.25, 0.3) is 10.2 Å². The monoisotopic (exact) mass is 610 g/mol. The fraction of sp³-hybridized carbons (Fsp3) is 0.500. The highest BCUT2D eigenvalue weighted by Gasteiger charge is 2.33. The molecule has 1 aromatic heterocycles. The molecular formula is C28H39ClN4O5S2. The number of amides is 1. The van der Waals surface area contributed by atoms with Gasteiger partial charge in [-0.1, -0.05) is 24.7 Å². The van der Waals surface area contributed by atoms with Crippen LogP contribution in [0, 0.1) is 0 Å². The van der Waals surface area contributed by atoms with Gasteiger partial charge in [0.15, 0.2) is 5.13 Å². The molecule has 40 heavy (non-hydrogen) atoms. The highest BCUT2D eigenvalue weighted by Crippen LogP contribution is 2.40. The summed E-state index contributed by atoms with van der Waals surface area (Å²) in [6, 6.07) is 9.95. The summed E-state index contributed by atoms with van der Waals surface area (Å²) in [5.74, 6) is 1.03. The molecule has 0 saturated carbocycles. The zero-order valence-corrected chi connectivity index (χ0v) is 26.2. The highest BCUT2D eigenvalue weighted by molar-refractivity contribution is 7.89. The Kier molecular flexibility index (Phi) is 11.2. The lowest BCUT2D eigenvalue weighted by atomic mass is 10.0. The van der Waals surface area contributed by atoms with Crippen LogP contribution in [0.2, 0.25) is 0 Å². The van der Waals surface area contributed by atoms with Crippen LogP contribution in [-0.4, -0.2) is 82.5 Å². The number of rotatable bonds is 11. The Labute approximate surface area is 247 Å². The maximum atomic E-state index is 13.8. The van der Waals surface area contributed by atoms with Crippen molar-refractivity contribution in [3.63, 3.8) is 0 Å². The van der Waals surface area contributed by atoms with Crippen LogP contribution in [0.15, 0.2) is 41.3 Å². The molecule has 1 aliphatic heterocycles. The van der Waals surface area contributed by atoms with E-state index in [2.05, 4.69) is 4.90 Å². The maximum absolute atomic E-state index is 13.8. The molecule has 0 bridgehead atoms. The first-order chi connectivity index (χ1) is 18.7. The van der Waals surface area contributed by atoms with Gasteiger partial charge in [0.1, 0.15) is 21.7 Å². The van der Waals surface area contributed by atoms with Crippen molar-refractivity contribution >= 4 is 55.0 Å². The predicted molar refractivity (Wildman–Crippen MR) is 163 cm³/mol. The molecule has 220 valence electrons. The van der Waals surface area contributed by atoms with Crippen LogP contribution in [0.1, 0.15) is 49.4 Å². The van der Waals surface area contributed by atoms with Crippen LogP contribution in [-0.2, 0) is 10.0 Å². The number of halogens is 1. The van der Waals surface area contributed by atoms with Crippen molar-refractivity contribution in [1.82, 2.24) is 14.2 Å². The fourth-order valence-electron chi connectivity index (χ4n) is 4.98. The minimum Gasteiger partial charge on any atom is -0.495 e. The Hall–Kier alpha value is -2.44. The van der Waals surface area contributed by atoms with Crippen LogP contribution in [0.5, 0.6) is 11.5 Å². The van der Waals surface area contributed by atoms with Gasteiger partial charge in [-0.25, -0.2) is 13.4 Å². The largest absolute Gasteiger partial charge is 0.495 e. The number of benzene rings is 2. The molecule has 2 aromatic carbocycles. The SMILES string of the molecule is CCC1CCCCN1S(=O)(=O)c1ccc(C(=O)N(CCCN(C)C)c2nc3c(OC)ccc(OC)c3s2)cc1.Cl. The molecule has 1 amide bonds. The van der Waals surface area contributed by atoms with Gasteiger partial charge in [0, 0.05) is 24.7 Å². The number of aromatic nitrogens is 1. The van der Waals surface area contributed by atoms with E-state index in [1.807, 2.05) is 27.1 Å². The summed E-state index contributed by atoms with van der Waals surface area (Å²) < 4.78 is 40.3. The number of piperidine rings is 1. The third kappa shape index (κ3) is 6.71. The number of hydrogen-bond acceptors (Lipinski definition) is 8. The minimum absolute atomic E-state index is 0. The van der Waals surface area contributed by atoms with E-state index in [1.54, 1.807) is 53.8 Å². The molecule has 9 nitrogen and oxygen atoms in total. The Morgan fingerprint density at radius 1 is 1.05 bits per heavy atom. The van der Waals surface area contributed by atoms with Gasteiger partial charge in [-0.2, -0.15) is 4.31 Å². The van der Waals surface area contributed by atoms with Crippen molar-refractivity contribution in [2.75, 3.05) is 52.8 Å². The summed E-state index contributed by atoms with van der Waals surface area (Å²) in [6.07, 6.45) is 4.32. The van der Waals surface area contributed by atoms with Gasteiger partial charge in [-0.3, -0.25) is 9.69 Å². The molecule has 2 heterocycles. The van der Waals surface area contributed by atoms with Crippen LogP contribution in [0.3, 0.4) is 0 Å². The number of hydrogen-bond donors (Lipinski definition) is 0. The van der Waals surface area contributed by atoms with Crippen molar-refractivity contribution in [3.05, 3.63) is 42.0 Å². The van der Waals surface area contributed by atoms with Crippen molar-refractivity contribution in [2.45, 2.75) is 50.0 Å². The number of nitrogens with zero attached hydrogens (tertiary/aromatic N) is 4. The molecule has 4 rings (SSSR count). The molecule has 0 N–H and O–H groups in total. The van der Waals surface area contributed by atoms with Gasteiger partial charge in [-0.15, -0.1) is 12.4 Å². The van der Waals surface area contributed by atoms with E-state index < -0.39 is 10.0 Å². The molecule has 3 aromatic rings. The third-order valence-corrected chi connectivity index (χ3v) is 10.2. The smallest absolute Gasteiger partial charge is 0.260 e. The van der Waals surface area contributed by atoms with Gasteiger partial charge in [0.2, 0.25) is 10.0 Å². The lowest BCUT2D eigenvalue weighted by Gasteiger charge is -2.34. The molecule has 0 aliphatic carbocycles. The molecular weight excluding hydrogens is 572 g/mol. The number of anilines is 1. The van der Waals surface area contributed by atoms with Gasteiger partial charge in [0.25, 0.3) is 5.91 Å². The zero-order valence-electron chi connectivity index (χ0n) is 23.8. The number of fused-ring (bicyclic) bond motifs is 1. The van der Waals surface area contributed by atoms with Crippen LogP contribution >= 0.6 is 23.7 Å². The summed E-state index contributed by atoms with van der Waals surface area (Å²) >= 11 is 1.37. The molecule has 1 aliphatic rings. The normalized spacial score (nSPS) is 16.1. The lowest BCUT2D eigenvalue weighted by molar-refractivity contribution is 0.0986. The summed E-state index contributed by atoms with van der Waals surface area (Å²) in [7, 11) is 3.54. The lowest BCUT2D eigenvalue weighted by Crippen LogP contribution is -2.43. The molecule has 1 atom stereocenters. The van der Waals surface area contributed by atoms with Crippen molar-refractivity contribution < 1.29 is 22.7 Å². The summed E-state index contributed by atoms with van der Waals surface area (Å²) in [5.41, 5.74) is 1.04. The van der Waals surface area contributed by atoms with Crippen LogP contribution < -0.4 is 14.4 Å². The summed E-state index contributed by atoms with van der Waals surface area (Å²) in [4.78, 5) is 22.5. The zero-order chi connectivity index (χ0) is 28.2. The van der Waals surface area contributed by atoms with Crippen LogP contribution in [0.4, 0.5) is 5.13 Å². The third-order valence-electron chi connectivity index (χ3n) is 7.11. The number of methoxy groups -OCH3 is 2. The second kappa shape index (κ2) is 14.0. The highest BCUT2D eigenvalue weighted by atomic mass is 35.5. The first-order valence-corrected chi connectivity index (χ1v) is 15.6. The van der Waals surface area contributed by atoms with Crippen molar-refractivity contribution in [1.29, 1.82) is 0 Å². The number of carbonyl (C=O) groups excluding carboxylic acids is 1. The number of ether oxygens (including phenoxy) is 2. The molecule has 0 spiro atoms. The van der Waals surface area contributed by atoms with E-state index >= 15 is 0 Å². The van der Waals surface area contributed by atoms with E-state index in [9.17, 15) is 13.2 Å². The maximum Gasteiger partial charge on any atom is 0.260 e. The Morgan fingerprint density at radius 3 is 2.35 bits per heavy atom. The van der Waals surface area contributed by atoms with E-state index in [-0.39, 0.29) is 29.3 Å². The molecule has 12 heteroatoms. The average Bonchev–Trinajstić information content (AvgIpc) is 3.39. The average molecular weight is 611 g/mol. The second-order valence-corrected chi connectivity index (χ2v) is 12.8. The van der Waals surface area contributed by atoms with Gasteiger partial charge in [-0.05, 0) is 82.7 Å². The first kappa shape index (κ1) is 32.1. The van der Waals surface area contributed by atoms with E-state index in [1.165, 1.54) is 11.3 Å². The summed E-state index contributed by atoms with van der Waals surface area (Å²) in [5, 5.41) is 0.535. The molecule has 0 radical (unpaired) electrons. The summed E-state index contributed by atoms with van der Waals surface area (Å²) in [6.45, 7) is 3.81. The van der Waals surface area contributed by atoms with Gasteiger partial charge < -0.3 is 14.4 Å². The predicted octanol–water partition coefficient (Wildman–Crippen LogP) is 5.29. The number of sulfonamides is 1. The molecule has 1 fully saturated rings. The molecule has 1 unspecified atom stereocenters. The standard InChI is InChI=1S/C28H38N4O5S2.ClH/c1-6-21-10-7-8-19-32(21)39(34,35)22-13-11-20(12-14-22)27(33)31(18-9-17-30(2)3)28-29-25-23(36-4)15-16-24(37-5)26(25)38-28;/h11-16,21H,6-10,17-19H2,1-5H3;1H. The van der Waals surface area contributed by atoms with Gasteiger partial charge in [0.05, 0.1) is 19.1 Å². The fourth-order valence-corrected chi connectivity index (χ4v) is 7.84. The second-order valence-electron chi connectivity index (χ2n) is 9.96. The van der Waals surface area contributed by atoms with Crippen molar-refractivity contribution in [2.24, 2.45) is 0 Å². The Balaban J connectivity index is 0.00000441. The molecule has 1 saturated heterocycles. The first-order valence-electron chi connectivity index (χ1n) is 13.3. The quantitative estimate of drug-likeness (QED) is 0.291. The Bertz CT molecular complexity index is 1350. The number of carbonyl (C=O) groups is 1. The van der Waals surface area contributed by atoms with E-state index in [4.69, 9.17) is 14.5 Å².